The van der Waals surface area contributed by atoms with E-state index in [-0.39, 0.29) is 17.5 Å². The summed E-state index contributed by atoms with van der Waals surface area (Å²) < 4.78 is 23.0. The largest absolute Gasteiger partial charge is 0.365 e. The van der Waals surface area contributed by atoms with Crippen LogP contribution in [0, 0.1) is 0 Å². The van der Waals surface area contributed by atoms with Gasteiger partial charge in [-0.2, -0.15) is 10.1 Å². The number of anilines is 3. The number of rotatable bonds is 4. The quantitative estimate of drug-likeness (QED) is 0.907. The van der Waals surface area contributed by atoms with Crippen molar-refractivity contribution in [2.75, 3.05) is 28.8 Å². The molecule has 1 N–H and O–H groups in total. The molecule has 1 aromatic carbocycles. The molecule has 2 aromatic rings. The van der Waals surface area contributed by atoms with Crippen LogP contribution in [-0.2, 0) is 9.84 Å². The number of benzene rings is 1. The van der Waals surface area contributed by atoms with Gasteiger partial charge in [0.05, 0.1) is 17.7 Å². The zero-order valence-electron chi connectivity index (χ0n) is 12.2. The summed E-state index contributed by atoms with van der Waals surface area (Å²) in [6, 6.07) is 9.60. The number of sulfone groups is 1. The molecule has 22 heavy (non-hydrogen) atoms. The third-order valence-corrected chi connectivity index (χ3v) is 5.34. The van der Waals surface area contributed by atoms with E-state index in [0.29, 0.717) is 18.2 Å². The van der Waals surface area contributed by atoms with Gasteiger partial charge in [-0.15, -0.1) is 5.10 Å². The molecule has 2 heterocycles. The molecule has 1 saturated heterocycles. The van der Waals surface area contributed by atoms with Crippen LogP contribution in [0.4, 0.5) is 17.5 Å². The molecule has 7 nitrogen and oxygen atoms in total. The van der Waals surface area contributed by atoms with Crippen molar-refractivity contribution in [2.45, 2.75) is 12.5 Å². The molecule has 1 atom stereocenters. The summed E-state index contributed by atoms with van der Waals surface area (Å²) >= 11 is 0. The van der Waals surface area contributed by atoms with Gasteiger partial charge in [-0.1, -0.05) is 18.2 Å². The second-order valence-corrected chi connectivity index (χ2v) is 7.51. The minimum absolute atomic E-state index is 0.114. The minimum Gasteiger partial charge on any atom is -0.365 e. The van der Waals surface area contributed by atoms with E-state index < -0.39 is 9.84 Å². The van der Waals surface area contributed by atoms with Crippen molar-refractivity contribution in [1.82, 2.24) is 15.2 Å². The Labute approximate surface area is 129 Å². The maximum atomic E-state index is 11.5. The van der Waals surface area contributed by atoms with Gasteiger partial charge in [-0.05, 0) is 18.6 Å². The van der Waals surface area contributed by atoms with E-state index >= 15 is 0 Å². The molecule has 0 spiro atoms. The summed E-state index contributed by atoms with van der Waals surface area (Å²) in [6.45, 7) is 0. The van der Waals surface area contributed by atoms with Gasteiger partial charge in [0.25, 0.3) is 5.95 Å². The fourth-order valence-corrected chi connectivity index (χ4v) is 4.06. The summed E-state index contributed by atoms with van der Waals surface area (Å²) in [5, 5.41) is 11.1. The van der Waals surface area contributed by atoms with Crippen molar-refractivity contribution in [3.63, 3.8) is 0 Å². The van der Waals surface area contributed by atoms with Crippen molar-refractivity contribution in [2.24, 2.45) is 0 Å². The Bertz CT molecular complexity index is 751. The normalized spacial score (nSPS) is 19.8. The molecule has 3 rings (SSSR count). The highest BCUT2D eigenvalue weighted by Gasteiger charge is 2.28. The fraction of sp³-hybridized carbons (Fsp3) is 0.357. The number of nitrogens with zero attached hydrogens (tertiary/aromatic N) is 4. The van der Waals surface area contributed by atoms with Gasteiger partial charge in [-0.25, -0.2) is 8.42 Å². The lowest BCUT2D eigenvalue weighted by Gasteiger charge is -2.18. The number of hydrogen-bond donors (Lipinski definition) is 1. The van der Waals surface area contributed by atoms with Gasteiger partial charge in [0.2, 0.25) is 0 Å². The molecule has 0 saturated carbocycles. The van der Waals surface area contributed by atoms with Crippen LogP contribution in [0.5, 0.6) is 0 Å². The van der Waals surface area contributed by atoms with Crippen LogP contribution in [-0.4, -0.2) is 48.2 Å². The summed E-state index contributed by atoms with van der Waals surface area (Å²) in [7, 11) is -1.06. The van der Waals surface area contributed by atoms with Crippen LogP contribution in [0.3, 0.4) is 0 Å². The lowest BCUT2D eigenvalue weighted by molar-refractivity contribution is 0.602. The van der Waals surface area contributed by atoms with Crippen molar-refractivity contribution < 1.29 is 8.42 Å². The standard InChI is InChI=1S/C14H17N5O2S/c1-19(12-5-3-2-4-6-12)14-17-13(9-15-18-14)16-11-7-8-22(20,21)10-11/h2-6,9,11H,7-8,10H2,1H3,(H,16,17,18). The summed E-state index contributed by atoms with van der Waals surface area (Å²) in [6.07, 6.45) is 2.10. The first-order valence-corrected chi connectivity index (χ1v) is 8.81. The van der Waals surface area contributed by atoms with Gasteiger partial charge in [-0.3, -0.25) is 0 Å². The van der Waals surface area contributed by atoms with Crippen LogP contribution >= 0.6 is 0 Å². The van der Waals surface area contributed by atoms with E-state index in [0.717, 1.165) is 5.69 Å². The van der Waals surface area contributed by atoms with E-state index in [9.17, 15) is 8.42 Å². The topological polar surface area (TPSA) is 88.1 Å². The molecule has 0 amide bonds. The highest BCUT2D eigenvalue weighted by Crippen LogP contribution is 2.21. The van der Waals surface area contributed by atoms with Crippen molar-refractivity contribution in [3.05, 3.63) is 36.5 Å². The van der Waals surface area contributed by atoms with E-state index in [1.807, 2.05) is 42.3 Å². The molecule has 1 unspecified atom stereocenters. The Hall–Kier alpha value is -2.22. The summed E-state index contributed by atoms with van der Waals surface area (Å²) in [5.41, 5.74) is 0.949. The maximum absolute atomic E-state index is 11.5. The molecular weight excluding hydrogens is 302 g/mol. The van der Waals surface area contributed by atoms with Crippen LogP contribution in [0.15, 0.2) is 36.5 Å². The molecule has 0 bridgehead atoms. The predicted molar refractivity (Wildman–Crippen MR) is 85.0 cm³/mol. The Morgan fingerprint density at radius 2 is 2.05 bits per heavy atom. The third-order valence-electron chi connectivity index (χ3n) is 3.58. The zero-order valence-corrected chi connectivity index (χ0v) is 13.0. The van der Waals surface area contributed by atoms with Crippen LogP contribution in [0.2, 0.25) is 0 Å². The minimum atomic E-state index is -2.92. The fourth-order valence-electron chi connectivity index (χ4n) is 2.39. The predicted octanol–water partition coefficient (Wildman–Crippen LogP) is 1.24. The Kier molecular flexibility index (Phi) is 3.93. The first-order chi connectivity index (χ1) is 10.5. The highest BCUT2D eigenvalue weighted by molar-refractivity contribution is 7.91. The SMILES string of the molecule is CN(c1ccccc1)c1nncc(NC2CCS(=O)(=O)C2)n1. The maximum Gasteiger partial charge on any atom is 0.251 e. The highest BCUT2D eigenvalue weighted by atomic mass is 32.2. The summed E-state index contributed by atoms with van der Waals surface area (Å²) in [5.74, 6) is 1.35. The molecule has 0 radical (unpaired) electrons. The Morgan fingerprint density at radius 3 is 2.73 bits per heavy atom. The zero-order chi connectivity index (χ0) is 15.6. The van der Waals surface area contributed by atoms with Crippen LogP contribution < -0.4 is 10.2 Å². The lowest BCUT2D eigenvalue weighted by atomic mass is 10.3. The van der Waals surface area contributed by atoms with Gasteiger partial charge in [0, 0.05) is 18.8 Å². The van der Waals surface area contributed by atoms with Crippen LogP contribution in [0.1, 0.15) is 6.42 Å². The number of hydrogen-bond acceptors (Lipinski definition) is 7. The van der Waals surface area contributed by atoms with Gasteiger partial charge in [0.1, 0.15) is 0 Å². The molecule has 1 fully saturated rings. The molecular formula is C14H17N5O2S. The molecule has 0 aliphatic carbocycles. The van der Waals surface area contributed by atoms with Crippen molar-refractivity contribution in [1.29, 1.82) is 0 Å². The molecule has 1 aromatic heterocycles. The van der Waals surface area contributed by atoms with Crippen LogP contribution in [0.25, 0.3) is 0 Å². The number of aromatic nitrogens is 3. The molecule has 116 valence electrons. The first kappa shape index (κ1) is 14.7. The van der Waals surface area contributed by atoms with E-state index in [1.54, 1.807) is 0 Å². The summed E-state index contributed by atoms with van der Waals surface area (Å²) in [4.78, 5) is 6.23. The molecule has 8 heteroatoms. The second-order valence-electron chi connectivity index (χ2n) is 5.28. The monoisotopic (exact) mass is 319 g/mol. The van der Waals surface area contributed by atoms with E-state index in [4.69, 9.17) is 0 Å². The van der Waals surface area contributed by atoms with Gasteiger partial charge < -0.3 is 10.2 Å². The third kappa shape index (κ3) is 3.33. The van der Waals surface area contributed by atoms with Crippen molar-refractivity contribution in [3.8, 4) is 0 Å². The first-order valence-electron chi connectivity index (χ1n) is 6.99. The second kappa shape index (κ2) is 5.88. The lowest BCUT2D eigenvalue weighted by Crippen LogP contribution is -2.22. The average molecular weight is 319 g/mol. The van der Waals surface area contributed by atoms with E-state index in [1.165, 1.54) is 6.20 Å². The Morgan fingerprint density at radius 1 is 1.27 bits per heavy atom. The number of para-hydroxylation sites is 1. The van der Waals surface area contributed by atoms with E-state index in [2.05, 4.69) is 20.5 Å². The molecule has 1 aliphatic heterocycles. The average Bonchev–Trinajstić information content (AvgIpc) is 2.86. The Balaban J connectivity index is 1.76. The van der Waals surface area contributed by atoms with Gasteiger partial charge in [0.15, 0.2) is 15.7 Å². The van der Waals surface area contributed by atoms with Crippen molar-refractivity contribution >= 4 is 27.3 Å². The number of nitrogens with one attached hydrogen (secondary N) is 1. The van der Waals surface area contributed by atoms with Gasteiger partial charge >= 0.3 is 0 Å². The molecule has 1 aliphatic rings. The smallest absolute Gasteiger partial charge is 0.251 e.